The van der Waals surface area contributed by atoms with E-state index in [1.807, 2.05) is 0 Å². The van der Waals surface area contributed by atoms with Gasteiger partial charge in [0.1, 0.15) is 11.5 Å². The molecule has 3 heterocycles. The summed E-state index contributed by atoms with van der Waals surface area (Å²) in [6, 6.07) is 11.2. The molecule has 3 N–H and O–H groups in total. The molecule has 1 aliphatic rings. The Labute approximate surface area is 146 Å². The molecule has 0 unspecified atom stereocenters. The highest BCUT2D eigenvalue weighted by molar-refractivity contribution is 7.11. The highest BCUT2D eigenvalue weighted by atomic mass is 32.1. The average molecular weight is 352 g/mol. The standard InChI is InChI=1S/C18H12N2O4S/c19-18(23)20-12-6-5-10(13-3-1-7-24-13)9-11(12)15(17(20)22)16(21)14-4-2-8-25-14/h1-9,21H,(H2,19,23)/b16-15+. The summed E-state index contributed by atoms with van der Waals surface area (Å²) in [6.45, 7) is 0. The van der Waals surface area contributed by atoms with Crippen LogP contribution in [0.3, 0.4) is 0 Å². The molecule has 124 valence electrons. The first kappa shape index (κ1) is 15.2. The number of imide groups is 1. The summed E-state index contributed by atoms with van der Waals surface area (Å²) in [6.07, 6.45) is 1.54. The number of thiophene rings is 1. The van der Waals surface area contributed by atoms with Gasteiger partial charge in [-0.15, -0.1) is 11.3 Å². The molecule has 0 spiro atoms. The van der Waals surface area contributed by atoms with E-state index in [1.54, 1.807) is 54.1 Å². The van der Waals surface area contributed by atoms with Crippen LogP contribution >= 0.6 is 11.3 Å². The van der Waals surface area contributed by atoms with Gasteiger partial charge in [-0.1, -0.05) is 6.07 Å². The predicted octanol–water partition coefficient (Wildman–Crippen LogP) is 3.86. The number of primary amides is 1. The molecule has 0 radical (unpaired) electrons. The topological polar surface area (TPSA) is 96.8 Å². The average Bonchev–Trinajstić information content (AvgIpc) is 3.33. The number of urea groups is 1. The maximum atomic E-state index is 12.7. The van der Waals surface area contributed by atoms with Crippen molar-refractivity contribution < 1.29 is 19.1 Å². The van der Waals surface area contributed by atoms with Crippen molar-refractivity contribution in [2.75, 3.05) is 4.90 Å². The number of nitrogens with zero attached hydrogens (tertiary/aromatic N) is 1. The van der Waals surface area contributed by atoms with Crippen LogP contribution < -0.4 is 10.6 Å². The summed E-state index contributed by atoms with van der Waals surface area (Å²) in [5, 5.41) is 12.4. The number of carbonyl (C=O) groups excluding carboxylic acids is 2. The molecule has 0 aliphatic carbocycles. The van der Waals surface area contributed by atoms with Gasteiger partial charge in [0.25, 0.3) is 5.91 Å². The maximum absolute atomic E-state index is 12.7. The van der Waals surface area contributed by atoms with Crippen LogP contribution in [0, 0.1) is 0 Å². The molecular formula is C18H12N2O4S. The molecule has 7 heteroatoms. The Morgan fingerprint density at radius 3 is 2.68 bits per heavy atom. The van der Waals surface area contributed by atoms with Gasteiger partial charge in [-0.2, -0.15) is 0 Å². The van der Waals surface area contributed by atoms with Crippen LogP contribution in [-0.2, 0) is 4.79 Å². The number of hydrogen-bond acceptors (Lipinski definition) is 5. The van der Waals surface area contributed by atoms with Crippen LogP contribution in [-0.4, -0.2) is 17.0 Å². The Morgan fingerprint density at radius 2 is 2.04 bits per heavy atom. The Morgan fingerprint density at radius 1 is 1.20 bits per heavy atom. The number of furan rings is 1. The lowest BCUT2D eigenvalue weighted by molar-refractivity contribution is -0.112. The smallest absolute Gasteiger partial charge is 0.326 e. The second-order valence-electron chi connectivity index (χ2n) is 5.39. The van der Waals surface area contributed by atoms with E-state index >= 15 is 0 Å². The van der Waals surface area contributed by atoms with E-state index in [0.717, 1.165) is 10.5 Å². The number of carbonyl (C=O) groups is 2. The molecule has 1 aliphatic heterocycles. The van der Waals surface area contributed by atoms with Gasteiger partial charge < -0.3 is 15.3 Å². The largest absolute Gasteiger partial charge is 0.506 e. The molecule has 1 aromatic carbocycles. The molecule has 3 amide bonds. The molecular weight excluding hydrogens is 340 g/mol. The first-order valence-corrected chi connectivity index (χ1v) is 8.25. The molecule has 0 saturated carbocycles. The monoisotopic (exact) mass is 352 g/mol. The van der Waals surface area contributed by atoms with Crippen LogP contribution in [0.2, 0.25) is 0 Å². The van der Waals surface area contributed by atoms with Gasteiger partial charge in [0.2, 0.25) is 0 Å². The van der Waals surface area contributed by atoms with Crippen LogP contribution in [0.5, 0.6) is 0 Å². The number of anilines is 1. The minimum absolute atomic E-state index is 0.0460. The molecule has 0 saturated heterocycles. The zero-order chi connectivity index (χ0) is 17.6. The molecule has 2 aromatic heterocycles. The van der Waals surface area contributed by atoms with Gasteiger partial charge in [-0.05, 0) is 41.8 Å². The predicted molar refractivity (Wildman–Crippen MR) is 95.0 cm³/mol. The number of benzene rings is 1. The zero-order valence-electron chi connectivity index (χ0n) is 12.8. The fourth-order valence-corrected chi connectivity index (χ4v) is 3.52. The summed E-state index contributed by atoms with van der Waals surface area (Å²) in [7, 11) is 0. The Kier molecular flexibility index (Phi) is 3.43. The Balaban J connectivity index is 1.96. The number of hydrogen-bond donors (Lipinski definition) is 2. The second-order valence-corrected chi connectivity index (χ2v) is 6.34. The minimum atomic E-state index is -0.897. The number of amides is 3. The third kappa shape index (κ3) is 2.33. The number of aliphatic hydroxyl groups is 1. The summed E-state index contributed by atoms with van der Waals surface area (Å²) >= 11 is 1.29. The van der Waals surface area contributed by atoms with Crippen LogP contribution in [0.15, 0.2) is 58.5 Å². The maximum Gasteiger partial charge on any atom is 0.326 e. The van der Waals surface area contributed by atoms with Crippen molar-refractivity contribution in [1.82, 2.24) is 0 Å². The van der Waals surface area contributed by atoms with Gasteiger partial charge in [-0.25, -0.2) is 9.69 Å². The van der Waals surface area contributed by atoms with Crippen molar-refractivity contribution in [2.24, 2.45) is 5.73 Å². The lowest BCUT2D eigenvalue weighted by Gasteiger charge is -2.11. The lowest BCUT2D eigenvalue weighted by Crippen LogP contribution is -2.37. The van der Waals surface area contributed by atoms with E-state index in [0.29, 0.717) is 21.9 Å². The number of rotatable bonds is 2. The Bertz CT molecular complexity index is 1000. The van der Waals surface area contributed by atoms with Crippen LogP contribution in [0.4, 0.5) is 10.5 Å². The van der Waals surface area contributed by atoms with E-state index in [1.165, 1.54) is 11.3 Å². The van der Waals surface area contributed by atoms with Gasteiger partial charge in [0, 0.05) is 11.1 Å². The van der Waals surface area contributed by atoms with Gasteiger partial charge >= 0.3 is 6.03 Å². The van der Waals surface area contributed by atoms with Crippen LogP contribution in [0.1, 0.15) is 10.4 Å². The van der Waals surface area contributed by atoms with E-state index < -0.39 is 11.9 Å². The van der Waals surface area contributed by atoms with Gasteiger partial charge in [0.15, 0.2) is 0 Å². The van der Waals surface area contributed by atoms with E-state index in [4.69, 9.17) is 10.2 Å². The second kappa shape index (κ2) is 5.64. The SMILES string of the molecule is NC(=O)N1C(=O)/C(=C(/O)c2cccs2)c2cc(-c3ccco3)ccc21. The normalized spacial score (nSPS) is 15.4. The zero-order valence-corrected chi connectivity index (χ0v) is 13.6. The van der Waals surface area contributed by atoms with Crippen molar-refractivity contribution in [3.8, 4) is 11.3 Å². The van der Waals surface area contributed by atoms with E-state index in [9.17, 15) is 14.7 Å². The fourth-order valence-electron chi connectivity index (χ4n) is 2.85. The van der Waals surface area contributed by atoms with Crippen molar-refractivity contribution in [1.29, 1.82) is 0 Å². The summed E-state index contributed by atoms with van der Waals surface area (Å²) in [5.74, 6) is -0.214. The van der Waals surface area contributed by atoms with E-state index in [2.05, 4.69) is 0 Å². The summed E-state index contributed by atoms with van der Waals surface area (Å²) < 4.78 is 5.38. The molecule has 0 bridgehead atoms. The molecule has 0 fully saturated rings. The van der Waals surface area contributed by atoms with Gasteiger partial charge in [0.05, 0.1) is 22.4 Å². The first-order chi connectivity index (χ1) is 12.1. The number of fused-ring (bicyclic) bond motifs is 1. The number of nitrogens with two attached hydrogens (primary N) is 1. The quantitative estimate of drug-likeness (QED) is 0.540. The fraction of sp³-hybridized carbons (Fsp3) is 0. The van der Waals surface area contributed by atoms with Crippen molar-refractivity contribution in [3.63, 3.8) is 0 Å². The molecule has 6 nitrogen and oxygen atoms in total. The van der Waals surface area contributed by atoms with E-state index in [-0.39, 0.29) is 11.3 Å². The molecule has 4 rings (SSSR count). The molecule has 0 atom stereocenters. The minimum Gasteiger partial charge on any atom is -0.506 e. The van der Waals surface area contributed by atoms with Crippen molar-refractivity contribution in [2.45, 2.75) is 0 Å². The summed E-state index contributed by atoms with van der Waals surface area (Å²) in [4.78, 5) is 25.9. The molecule has 25 heavy (non-hydrogen) atoms. The first-order valence-electron chi connectivity index (χ1n) is 7.37. The van der Waals surface area contributed by atoms with Crippen molar-refractivity contribution in [3.05, 3.63) is 64.5 Å². The molecule has 3 aromatic rings. The number of aliphatic hydroxyl groups excluding tert-OH is 1. The third-order valence-corrected chi connectivity index (χ3v) is 4.82. The van der Waals surface area contributed by atoms with Crippen LogP contribution in [0.25, 0.3) is 22.7 Å². The third-order valence-electron chi connectivity index (χ3n) is 3.94. The highest BCUT2D eigenvalue weighted by Gasteiger charge is 2.38. The Hall–Kier alpha value is -3.32. The van der Waals surface area contributed by atoms with Gasteiger partial charge in [-0.3, -0.25) is 4.79 Å². The lowest BCUT2D eigenvalue weighted by atomic mass is 10.0. The highest BCUT2D eigenvalue weighted by Crippen LogP contribution is 2.42. The van der Waals surface area contributed by atoms with Crippen molar-refractivity contribution >= 4 is 40.3 Å². The summed E-state index contributed by atoms with van der Waals surface area (Å²) in [5.41, 5.74) is 6.90.